The summed E-state index contributed by atoms with van der Waals surface area (Å²) in [4.78, 5) is 42.3. The molecule has 16 nitrogen and oxygen atoms in total. The van der Waals surface area contributed by atoms with E-state index in [1.54, 1.807) is 31.2 Å². The largest absolute Gasteiger partial charge is 0.505 e. The molecule has 230 valence electrons. The number of esters is 3. The van der Waals surface area contributed by atoms with Gasteiger partial charge >= 0.3 is 23.9 Å². The summed E-state index contributed by atoms with van der Waals surface area (Å²) in [6.45, 7) is 2.44. The van der Waals surface area contributed by atoms with Gasteiger partial charge in [-0.1, -0.05) is 36.5 Å². The minimum absolute atomic E-state index is 0.492. The van der Waals surface area contributed by atoms with Crippen LogP contribution in [0.25, 0.3) is 0 Å². The average Bonchev–Trinajstić information content (AvgIpc) is 3.37. The molecule has 10 N–H and O–H groups in total. The van der Waals surface area contributed by atoms with E-state index in [1.807, 2.05) is 6.92 Å². The summed E-state index contributed by atoms with van der Waals surface area (Å²) in [5.41, 5.74) is 4.50. The molecule has 0 radical (unpaired) electrons. The molecule has 2 heterocycles. The maximum absolute atomic E-state index is 11.2. The predicted molar refractivity (Wildman–Crippen MR) is 140 cm³/mol. The lowest BCUT2D eigenvalue weighted by molar-refractivity contribution is -0.152. The Hall–Kier alpha value is -4.64. The van der Waals surface area contributed by atoms with Crippen molar-refractivity contribution in [1.29, 1.82) is 0 Å². The molecular formula is C25H35NO15. The topological polar surface area (TPSA) is 284 Å². The molecular weight excluding hydrogens is 554 g/mol. The molecule has 41 heavy (non-hydrogen) atoms. The van der Waals surface area contributed by atoms with Crippen molar-refractivity contribution in [3.8, 4) is 0 Å². The molecule has 0 fully saturated rings. The summed E-state index contributed by atoms with van der Waals surface area (Å²) in [6.07, 6.45) is 6.23. The Morgan fingerprint density at radius 2 is 1.24 bits per heavy atom. The molecule has 16 heteroatoms. The van der Waals surface area contributed by atoms with Crippen LogP contribution < -0.4 is 5.73 Å². The van der Waals surface area contributed by atoms with E-state index in [2.05, 4.69) is 19.9 Å². The van der Waals surface area contributed by atoms with E-state index in [0.29, 0.717) is 0 Å². The third-order valence-electron chi connectivity index (χ3n) is 4.24. The maximum atomic E-state index is 11.2. The summed E-state index contributed by atoms with van der Waals surface area (Å²) in [6, 6.07) is 0. The van der Waals surface area contributed by atoms with Crippen LogP contribution in [0.15, 0.2) is 71.6 Å². The van der Waals surface area contributed by atoms with Gasteiger partial charge in [0.1, 0.15) is 18.8 Å². The number of allylic oxidation sites excluding steroid dienone is 6. The summed E-state index contributed by atoms with van der Waals surface area (Å²) < 4.78 is 13.5. The number of aliphatic hydroxyl groups excluding tert-OH is 7. The van der Waals surface area contributed by atoms with Gasteiger partial charge in [-0.25, -0.2) is 19.2 Å². The van der Waals surface area contributed by atoms with Crippen molar-refractivity contribution in [1.82, 2.24) is 0 Å². The number of carbonyl (C=O) groups is 4. The Morgan fingerprint density at radius 1 is 0.829 bits per heavy atom. The molecule has 0 saturated carbocycles. The Labute approximate surface area is 234 Å². The van der Waals surface area contributed by atoms with Gasteiger partial charge in [0.2, 0.25) is 11.5 Å². The van der Waals surface area contributed by atoms with Crippen LogP contribution in [-0.4, -0.2) is 109 Å². The molecule has 0 aromatic heterocycles. The van der Waals surface area contributed by atoms with Crippen molar-refractivity contribution in [3.63, 3.8) is 0 Å². The van der Waals surface area contributed by atoms with E-state index in [0.717, 1.165) is 12.2 Å². The van der Waals surface area contributed by atoms with Gasteiger partial charge in [0.15, 0.2) is 23.7 Å². The van der Waals surface area contributed by atoms with Gasteiger partial charge in [-0.2, -0.15) is 0 Å². The Bertz CT molecular complexity index is 1060. The van der Waals surface area contributed by atoms with E-state index >= 15 is 0 Å². The lowest BCUT2D eigenvalue weighted by Gasteiger charge is -2.16. The fourth-order valence-corrected chi connectivity index (χ4v) is 2.35. The highest BCUT2D eigenvalue weighted by atomic mass is 16.6. The Morgan fingerprint density at radius 3 is 1.59 bits per heavy atom. The molecule has 0 aliphatic carbocycles. The van der Waals surface area contributed by atoms with Crippen LogP contribution in [0, 0.1) is 0 Å². The monoisotopic (exact) mass is 589 g/mol. The first-order chi connectivity index (χ1) is 19.3. The number of cyclic esters (lactones) is 2. The minimum Gasteiger partial charge on any atom is -0.505 e. The highest BCUT2D eigenvalue weighted by Crippen LogP contribution is 2.22. The van der Waals surface area contributed by atoms with Crippen LogP contribution in [0.1, 0.15) is 13.8 Å². The lowest BCUT2D eigenvalue weighted by atomic mass is 10.2. The first kappa shape index (κ1) is 38.5. The van der Waals surface area contributed by atoms with Crippen molar-refractivity contribution < 1.29 is 74.2 Å². The van der Waals surface area contributed by atoms with Gasteiger partial charge in [-0.15, -0.1) is 0 Å². The molecule has 2 aliphatic heterocycles. The van der Waals surface area contributed by atoms with Gasteiger partial charge in [0.05, 0.1) is 6.61 Å². The second kappa shape index (κ2) is 21.2. The second-order valence-electron chi connectivity index (χ2n) is 7.17. The van der Waals surface area contributed by atoms with E-state index in [-0.39, 0.29) is 0 Å². The molecule has 0 aromatic rings. The summed E-state index contributed by atoms with van der Waals surface area (Å²) >= 11 is 0. The number of carbonyl (C=O) groups excluding carboxylic acids is 3. The smallest absolute Gasteiger partial charge is 0.377 e. The molecule has 0 saturated heterocycles. The van der Waals surface area contributed by atoms with Crippen LogP contribution in [0.2, 0.25) is 0 Å². The van der Waals surface area contributed by atoms with Crippen molar-refractivity contribution in [2.24, 2.45) is 5.73 Å². The molecule has 0 aromatic carbocycles. The van der Waals surface area contributed by atoms with Gasteiger partial charge < -0.3 is 60.8 Å². The van der Waals surface area contributed by atoms with E-state index in [1.165, 1.54) is 19.2 Å². The highest BCUT2D eigenvalue weighted by Gasteiger charge is 2.40. The van der Waals surface area contributed by atoms with E-state index in [9.17, 15) is 29.4 Å². The SMILES string of the molecule is C/C=C/C=C/C(=O)O.C/C=C/C=C/C(=O)OCC(O)C1OC(=O)C(O)=C1O.CN.O=C1OC(C(O)CO)C(O)=C1O. The minimum atomic E-state index is -1.47. The van der Waals surface area contributed by atoms with Crippen molar-refractivity contribution in [3.05, 3.63) is 71.6 Å². The van der Waals surface area contributed by atoms with Crippen molar-refractivity contribution in [2.45, 2.75) is 38.3 Å². The molecule has 0 bridgehead atoms. The zero-order valence-electron chi connectivity index (χ0n) is 22.4. The van der Waals surface area contributed by atoms with Crippen LogP contribution in [0.4, 0.5) is 0 Å². The first-order valence-corrected chi connectivity index (χ1v) is 11.5. The van der Waals surface area contributed by atoms with Crippen LogP contribution >= 0.6 is 0 Å². The third kappa shape index (κ3) is 14.4. The molecule has 0 spiro atoms. The van der Waals surface area contributed by atoms with Crippen LogP contribution in [0.3, 0.4) is 0 Å². The third-order valence-corrected chi connectivity index (χ3v) is 4.24. The number of ether oxygens (including phenoxy) is 3. The van der Waals surface area contributed by atoms with Crippen molar-refractivity contribution in [2.75, 3.05) is 20.3 Å². The van der Waals surface area contributed by atoms with Gasteiger partial charge in [0.25, 0.3) is 0 Å². The number of hydrogen-bond acceptors (Lipinski definition) is 15. The maximum Gasteiger partial charge on any atom is 0.377 e. The fourth-order valence-electron chi connectivity index (χ4n) is 2.35. The normalized spacial score (nSPS) is 19.7. The number of aliphatic hydroxyl groups is 7. The highest BCUT2D eigenvalue weighted by molar-refractivity contribution is 5.89. The van der Waals surface area contributed by atoms with Gasteiger partial charge in [-0.3, -0.25) is 0 Å². The number of rotatable bonds is 9. The lowest BCUT2D eigenvalue weighted by Crippen LogP contribution is -2.33. The first-order valence-electron chi connectivity index (χ1n) is 11.5. The fraction of sp³-hybridized carbons (Fsp3) is 0.360. The zero-order valence-corrected chi connectivity index (χ0v) is 22.4. The molecule has 0 amide bonds. The Kier molecular flexibility index (Phi) is 19.9. The van der Waals surface area contributed by atoms with E-state index < -0.39 is 84.5 Å². The quantitative estimate of drug-likeness (QED) is 0.0718. The zero-order chi connectivity index (χ0) is 32.1. The Balaban J connectivity index is 0. The van der Waals surface area contributed by atoms with Gasteiger partial charge in [0, 0.05) is 12.2 Å². The number of hydrogen-bond donors (Lipinski definition) is 9. The standard InChI is InChI=1S/C12H14O7.C6H8O6.C6H8O2.CH5N/c1-2-3-4-5-8(14)18-6-7(13)11-9(15)10(16)12(17)19-11;7-1-2(8)5-3(9)4(10)6(11)12-5;1-2-3-4-5-6(7)8;1-2/h2-5,7,11,13,15-16H,6H2,1H3;2,5,7-10H,1H2;2-5H,1H3,(H,7,8);2H2,1H3/b3-2+,5-4+;;3-2+,5-4+;. The number of aliphatic carboxylic acids is 1. The number of nitrogens with two attached hydrogens (primary N) is 1. The predicted octanol–water partition coefficient (Wildman–Crippen LogP) is -0.353. The van der Waals surface area contributed by atoms with Crippen molar-refractivity contribution >= 4 is 23.9 Å². The molecule has 4 atom stereocenters. The molecule has 2 aliphatic rings. The van der Waals surface area contributed by atoms with Crippen LogP contribution in [0.5, 0.6) is 0 Å². The van der Waals surface area contributed by atoms with Crippen LogP contribution in [-0.2, 0) is 33.4 Å². The molecule has 2 rings (SSSR count). The second-order valence-corrected chi connectivity index (χ2v) is 7.17. The van der Waals surface area contributed by atoms with E-state index in [4.69, 9.17) is 30.6 Å². The average molecular weight is 590 g/mol. The number of carboxylic acids is 1. The van der Waals surface area contributed by atoms with Gasteiger partial charge in [-0.05, 0) is 20.9 Å². The summed E-state index contributed by atoms with van der Waals surface area (Å²) in [5.74, 6) is -7.27. The summed E-state index contributed by atoms with van der Waals surface area (Å²) in [5, 5.41) is 71.0. The number of carboxylic acid groups (broad SMARTS) is 1. The summed E-state index contributed by atoms with van der Waals surface area (Å²) in [7, 11) is 1.50. The molecule has 4 unspecified atom stereocenters.